The van der Waals surface area contributed by atoms with Gasteiger partial charge in [-0.25, -0.2) is 9.97 Å². The van der Waals surface area contributed by atoms with Crippen LogP contribution in [0.15, 0.2) is 30.6 Å². The van der Waals surface area contributed by atoms with Crippen LogP contribution in [0.5, 0.6) is 0 Å². The van der Waals surface area contributed by atoms with Crippen LogP contribution < -0.4 is 0 Å². The van der Waals surface area contributed by atoms with Gasteiger partial charge in [-0.05, 0) is 51.3 Å². The fourth-order valence-corrected chi connectivity index (χ4v) is 5.90. The van der Waals surface area contributed by atoms with Crippen molar-refractivity contribution in [2.45, 2.75) is 57.4 Å². The summed E-state index contributed by atoms with van der Waals surface area (Å²) >= 11 is 0. The van der Waals surface area contributed by atoms with Crippen molar-refractivity contribution >= 4 is 5.91 Å². The smallest absolute Gasteiger partial charge is 0.383 e. The highest BCUT2D eigenvalue weighted by Crippen LogP contribution is 2.35. The second kappa shape index (κ2) is 11.6. The predicted molar refractivity (Wildman–Crippen MR) is 139 cm³/mol. The lowest BCUT2D eigenvalue weighted by molar-refractivity contribution is -0.137. The van der Waals surface area contributed by atoms with E-state index in [-0.39, 0.29) is 18.0 Å². The number of nitriles is 1. The monoisotopic (exact) mass is 544 g/mol. The first-order valence-corrected chi connectivity index (χ1v) is 13.2. The number of hydrogen-bond acceptors (Lipinski definition) is 7. The van der Waals surface area contributed by atoms with Crippen LogP contribution in [0.1, 0.15) is 58.7 Å². The van der Waals surface area contributed by atoms with Crippen LogP contribution in [0.4, 0.5) is 13.2 Å². The van der Waals surface area contributed by atoms with Crippen LogP contribution in [0.25, 0.3) is 0 Å². The second-order valence-corrected chi connectivity index (χ2v) is 10.5. The van der Waals surface area contributed by atoms with Crippen molar-refractivity contribution in [3.63, 3.8) is 0 Å². The third-order valence-corrected chi connectivity index (χ3v) is 8.16. The fourth-order valence-electron chi connectivity index (χ4n) is 5.90. The van der Waals surface area contributed by atoms with E-state index in [0.717, 1.165) is 17.7 Å². The number of likely N-dealkylation sites (tertiary alicyclic amines) is 1. The van der Waals surface area contributed by atoms with E-state index in [1.807, 2.05) is 0 Å². The first-order valence-electron chi connectivity index (χ1n) is 13.2. The molecule has 3 heterocycles. The van der Waals surface area contributed by atoms with E-state index in [1.54, 1.807) is 25.9 Å². The van der Waals surface area contributed by atoms with Gasteiger partial charge >= 0.3 is 6.18 Å². The molecular weight excluding hydrogens is 509 g/mol. The number of amides is 1. The summed E-state index contributed by atoms with van der Waals surface area (Å²) in [6.45, 7) is 8.86. The normalized spacial score (nSPS) is 21.4. The maximum absolute atomic E-state index is 13.2. The molecule has 2 aliphatic rings. The number of aryl methyl sites for hydroxylation is 2. The lowest BCUT2D eigenvalue weighted by Gasteiger charge is -2.51. The highest BCUT2D eigenvalue weighted by atomic mass is 19.4. The Labute approximate surface area is 227 Å². The van der Waals surface area contributed by atoms with Gasteiger partial charge in [0.2, 0.25) is 0 Å². The molecule has 8 nitrogen and oxygen atoms in total. The molecule has 2 atom stereocenters. The minimum absolute atomic E-state index is 0.0397. The molecule has 39 heavy (non-hydrogen) atoms. The zero-order chi connectivity index (χ0) is 28.4. The van der Waals surface area contributed by atoms with Gasteiger partial charge in [-0.2, -0.15) is 18.4 Å². The van der Waals surface area contributed by atoms with Crippen LogP contribution >= 0.6 is 0 Å². The maximum atomic E-state index is 13.2. The molecule has 0 radical (unpaired) electrons. The summed E-state index contributed by atoms with van der Waals surface area (Å²) in [7, 11) is 1.59. The topological polar surface area (TPSA) is 85.6 Å². The van der Waals surface area contributed by atoms with Gasteiger partial charge in [0, 0.05) is 45.9 Å². The average Bonchev–Trinajstić information content (AvgIpc) is 2.91. The number of piperazine rings is 1. The van der Waals surface area contributed by atoms with Gasteiger partial charge in [0.15, 0.2) is 0 Å². The summed E-state index contributed by atoms with van der Waals surface area (Å²) in [4.78, 5) is 27.8. The SMILES string of the molecule is COC[C@@H](c1ccc(C(F)(F)F)cc1)N1CCN(C2(C#N)CCN(C(=O)c3c(C)ncnc3C)CC2)C[C@@H]1C. The van der Waals surface area contributed by atoms with Crippen LogP contribution in [-0.4, -0.2) is 88.6 Å². The first-order chi connectivity index (χ1) is 18.5. The van der Waals surface area contributed by atoms with E-state index in [9.17, 15) is 23.2 Å². The van der Waals surface area contributed by atoms with Gasteiger partial charge < -0.3 is 9.64 Å². The van der Waals surface area contributed by atoms with Crippen molar-refractivity contribution in [2.75, 3.05) is 46.4 Å². The number of carbonyl (C=O) groups is 1. The van der Waals surface area contributed by atoms with E-state index in [4.69, 9.17) is 4.74 Å². The van der Waals surface area contributed by atoms with E-state index in [0.29, 0.717) is 69.1 Å². The molecule has 4 rings (SSSR count). The quantitative estimate of drug-likeness (QED) is 0.543. The lowest BCUT2D eigenvalue weighted by Crippen LogP contribution is -2.63. The number of halogens is 3. The molecule has 0 N–H and O–H groups in total. The second-order valence-electron chi connectivity index (χ2n) is 10.5. The Morgan fingerprint density at radius 1 is 1.13 bits per heavy atom. The molecule has 2 fully saturated rings. The molecule has 2 aliphatic heterocycles. The number of carbonyl (C=O) groups excluding carboxylic acids is 1. The fraction of sp³-hybridized carbons (Fsp3) is 0.571. The molecule has 210 valence electrons. The Bertz CT molecular complexity index is 1190. The Hall–Kier alpha value is -3.07. The van der Waals surface area contributed by atoms with Crippen LogP contribution in [0.2, 0.25) is 0 Å². The van der Waals surface area contributed by atoms with Gasteiger partial charge in [-0.15, -0.1) is 0 Å². The van der Waals surface area contributed by atoms with Crippen molar-refractivity contribution in [1.82, 2.24) is 24.7 Å². The van der Waals surface area contributed by atoms with E-state index < -0.39 is 17.3 Å². The third-order valence-electron chi connectivity index (χ3n) is 8.16. The van der Waals surface area contributed by atoms with E-state index in [1.165, 1.54) is 18.5 Å². The minimum Gasteiger partial charge on any atom is -0.383 e. The molecule has 2 aromatic rings. The summed E-state index contributed by atoms with van der Waals surface area (Å²) < 4.78 is 44.7. The zero-order valence-electron chi connectivity index (χ0n) is 22.8. The molecular formula is C28H35F3N6O2. The van der Waals surface area contributed by atoms with Gasteiger partial charge in [0.05, 0.1) is 41.2 Å². The molecule has 0 aliphatic carbocycles. The number of aromatic nitrogens is 2. The largest absolute Gasteiger partial charge is 0.416 e. The molecule has 1 amide bonds. The number of rotatable bonds is 6. The molecule has 1 aromatic heterocycles. The average molecular weight is 545 g/mol. The molecule has 11 heteroatoms. The highest BCUT2D eigenvalue weighted by Gasteiger charge is 2.45. The highest BCUT2D eigenvalue weighted by molar-refractivity contribution is 5.96. The third kappa shape index (κ3) is 5.93. The lowest BCUT2D eigenvalue weighted by atomic mass is 9.85. The number of nitrogens with zero attached hydrogens (tertiary/aromatic N) is 6. The van der Waals surface area contributed by atoms with Crippen molar-refractivity contribution in [3.05, 3.63) is 58.7 Å². The molecule has 2 saturated heterocycles. The van der Waals surface area contributed by atoms with E-state index >= 15 is 0 Å². The maximum Gasteiger partial charge on any atom is 0.416 e. The summed E-state index contributed by atoms with van der Waals surface area (Å²) in [5.41, 5.74) is 1.23. The summed E-state index contributed by atoms with van der Waals surface area (Å²) in [6, 6.07) is 7.68. The van der Waals surface area contributed by atoms with Gasteiger partial charge in [0.25, 0.3) is 5.91 Å². The van der Waals surface area contributed by atoms with E-state index in [2.05, 4.69) is 32.8 Å². The summed E-state index contributed by atoms with van der Waals surface area (Å²) in [5.74, 6) is -0.103. The Morgan fingerprint density at radius 3 is 2.26 bits per heavy atom. The standard InChI is InChI=1S/C28H35F3N6O2/c1-19-15-36(13-14-37(19)24(16-39-4)22-5-7-23(8-6-22)28(29,30)31)27(17-32)9-11-35(12-10-27)26(38)25-20(2)33-18-34-21(25)3/h5-8,18-19,24H,9-16H2,1-4H3/t19-,24-/m0/s1. The predicted octanol–water partition coefficient (Wildman–Crippen LogP) is 4.00. The van der Waals surface area contributed by atoms with Gasteiger partial charge in [0.1, 0.15) is 11.9 Å². The molecule has 1 aromatic carbocycles. The van der Waals surface area contributed by atoms with Gasteiger partial charge in [-0.1, -0.05) is 12.1 Å². The number of alkyl halides is 3. The van der Waals surface area contributed by atoms with Crippen molar-refractivity contribution in [2.24, 2.45) is 0 Å². The zero-order valence-corrected chi connectivity index (χ0v) is 22.8. The summed E-state index contributed by atoms with van der Waals surface area (Å²) in [6.07, 6.45) is -1.86. The van der Waals surface area contributed by atoms with Crippen molar-refractivity contribution in [3.8, 4) is 6.07 Å². The Kier molecular flexibility index (Phi) is 8.59. The number of piperidine rings is 1. The minimum atomic E-state index is -4.38. The van der Waals surface area contributed by atoms with Crippen LogP contribution in [-0.2, 0) is 10.9 Å². The Balaban J connectivity index is 1.44. The first kappa shape index (κ1) is 28.9. The molecule has 0 unspecified atom stereocenters. The Morgan fingerprint density at radius 2 is 1.74 bits per heavy atom. The molecule has 0 bridgehead atoms. The summed E-state index contributed by atoms with van der Waals surface area (Å²) in [5, 5.41) is 10.3. The molecule has 0 spiro atoms. The van der Waals surface area contributed by atoms with Gasteiger partial charge in [-0.3, -0.25) is 14.6 Å². The molecule has 0 saturated carbocycles. The van der Waals surface area contributed by atoms with Crippen LogP contribution in [0, 0.1) is 25.2 Å². The van der Waals surface area contributed by atoms with Crippen LogP contribution in [0.3, 0.4) is 0 Å². The number of benzene rings is 1. The number of ether oxygens (including phenoxy) is 1. The number of hydrogen-bond donors (Lipinski definition) is 0. The van der Waals surface area contributed by atoms with Crippen molar-refractivity contribution in [1.29, 1.82) is 5.26 Å². The van der Waals surface area contributed by atoms with Crippen molar-refractivity contribution < 1.29 is 22.7 Å². The number of methoxy groups -OCH3 is 1.